The average molecular weight is 235 g/mol. The van der Waals surface area contributed by atoms with Crippen molar-refractivity contribution in [1.29, 1.82) is 0 Å². The lowest BCUT2D eigenvalue weighted by Crippen LogP contribution is -2.52. The molecule has 1 aliphatic heterocycles. The van der Waals surface area contributed by atoms with Gasteiger partial charge in [0.05, 0.1) is 30.9 Å². The minimum Gasteiger partial charge on any atom is -0.384 e. The highest BCUT2D eigenvalue weighted by atomic mass is 16.5. The molecule has 92 valence electrons. The SMILES string of the molecule is C[C@H]1COC[C@H](C)N1C(=O)c1ccc(N)nc1. The van der Waals surface area contributed by atoms with Gasteiger partial charge < -0.3 is 15.4 Å². The Labute approximate surface area is 101 Å². The summed E-state index contributed by atoms with van der Waals surface area (Å²) in [6.07, 6.45) is 1.52. The number of carbonyl (C=O) groups excluding carboxylic acids is 1. The molecule has 5 nitrogen and oxygen atoms in total. The molecule has 0 radical (unpaired) electrons. The molecule has 0 bridgehead atoms. The number of carbonyl (C=O) groups is 1. The molecule has 1 aliphatic rings. The summed E-state index contributed by atoms with van der Waals surface area (Å²) in [4.78, 5) is 18.1. The molecule has 5 heteroatoms. The number of hydrogen-bond donors (Lipinski definition) is 1. The Balaban J connectivity index is 2.20. The van der Waals surface area contributed by atoms with Crippen LogP contribution in [-0.4, -0.2) is 41.1 Å². The summed E-state index contributed by atoms with van der Waals surface area (Å²) >= 11 is 0. The van der Waals surface area contributed by atoms with Crippen molar-refractivity contribution in [3.05, 3.63) is 23.9 Å². The zero-order valence-corrected chi connectivity index (χ0v) is 10.1. The Kier molecular flexibility index (Phi) is 3.28. The first kappa shape index (κ1) is 11.9. The Morgan fingerprint density at radius 3 is 2.59 bits per heavy atom. The lowest BCUT2D eigenvalue weighted by Gasteiger charge is -2.38. The minimum absolute atomic E-state index is 0.0131. The van der Waals surface area contributed by atoms with Gasteiger partial charge >= 0.3 is 0 Å². The third-order valence-corrected chi connectivity index (χ3v) is 2.94. The van der Waals surface area contributed by atoms with Crippen molar-refractivity contribution >= 4 is 11.7 Å². The zero-order valence-electron chi connectivity index (χ0n) is 10.1. The van der Waals surface area contributed by atoms with Crippen LogP contribution >= 0.6 is 0 Å². The van der Waals surface area contributed by atoms with Gasteiger partial charge in [-0.15, -0.1) is 0 Å². The highest BCUT2D eigenvalue weighted by Crippen LogP contribution is 2.17. The summed E-state index contributed by atoms with van der Waals surface area (Å²) in [5, 5.41) is 0. The maximum atomic E-state index is 12.3. The van der Waals surface area contributed by atoms with E-state index in [-0.39, 0.29) is 18.0 Å². The number of nitrogens with zero attached hydrogens (tertiary/aromatic N) is 2. The molecular formula is C12H17N3O2. The highest BCUT2D eigenvalue weighted by Gasteiger charge is 2.30. The highest BCUT2D eigenvalue weighted by molar-refractivity contribution is 5.94. The molecule has 17 heavy (non-hydrogen) atoms. The molecule has 0 spiro atoms. The summed E-state index contributed by atoms with van der Waals surface area (Å²) in [5.74, 6) is 0.408. The van der Waals surface area contributed by atoms with Crippen molar-refractivity contribution < 1.29 is 9.53 Å². The second-order valence-corrected chi connectivity index (χ2v) is 4.42. The Hall–Kier alpha value is -1.62. The third-order valence-electron chi connectivity index (χ3n) is 2.94. The number of ether oxygens (including phenoxy) is 1. The maximum Gasteiger partial charge on any atom is 0.256 e. The number of hydrogen-bond acceptors (Lipinski definition) is 4. The van der Waals surface area contributed by atoms with Crippen LogP contribution < -0.4 is 5.73 Å². The molecular weight excluding hydrogens is 218 g/mol. The molecule has 0 unspecified atom stereocenters. The maximum absolute atomic E-state index is 12.3. The Morgan fingerprint density at radius 2 is 2.06 bits per heavy atom. The summed E-state index contributed by atoms with van der Waals surface area (Å²) < 4.78 is 5.40. The molecule has 0 aromatic carbocycles. The monoisotopic (exact) mass is 235 g/mol. The lowest BCUT2D eigenvalue weighted by molar-refractivity contribution is -0.0249. The second-order valence-electron chi connectivity index (χ2n) is 4.42. The molecule has 0 aliphatic carbocycles. The zero-order chi connectivity index (χ0) is 12.4. The topological polar surface area (TPSA) is 68.5 Å². The van der Waals surface area contributed by atoms with Crippen LogP contribution in [0.15, 0.2) is 18.3 Å². The Bertz CT molecular complexity index is 395. The number of morpholine rings is 1. The predicted octanol–water partition coefficient (Wildman–Crippen LogP) is 0.913. The molecule has 0 saturated carbocycles. The predicted molar refractivity (Wildman–Crippen MR) is 64.6 cm³/mol. The van der Waals surface area contributed by atoms with Crippen molar-refractivity contribution in [2.75, 3.05) is 18.9 Å². The van der Waals surface area contributed by atoms with E-state index < -0.39 is 0 Å². The van der Waals surface area contributed by atoms with E-state index >= 15 is 0 Å². The van der Waals surface area contributed by atoms with Crippen molar-refractivity contribution in [3.63, 3.8) is 0 Å². The van der Waals surface area contributed by atoms with Crippen LogP contribution in [0, 0.1) is 0 Å². The number of amides is 1. The number of anilines is 1. The van der Waals surface area contributed by atoms with E-state index in [1.807, 2.05) is 18.7 Å². The quantitative estimate of drug-likeness (QED) is 0.785. The number of pyridine rings is 1. The van der Waals surface area contributed by atoms with Gasteiger partial charge in [0.25, 0.3) is 5.91 Å². The normalized spacial score (nSPS) is 24.7. The standard InChI is InChI=1S/C12H17N3O2/c1-8-6-17-7-9(2)15(8)12(16)10-3-4-11(13)14-5-10/h3-5,8-9H,6-7H2,1-2H3,(H2,13,14)/t8-,9-/m0/s1. The fourth-order valence-corrected chi connectivity index (χ4v) is 2.09. The van der Waals surface area contributed by atoms with Crippen molar-refractivity contribution in [2.45, 2.75) is 25.9 Å². The van der Waals surface area contributed by atoms with Gasteiger partial charge in [-0.05, 0) is 26.0 Å². The van der Waals surface area contributed by atoms with Crippen LogP contribution in [-0.2, 0) is 4.74 Å². The van der Waals surface area contributed by atoms with Crippen LogP contribution in [0.25, 0.3) is 0 Å². The molecule has 1 aromatic rings. The Morgan fingerprint density at radius 1 is 1.41 bits per heavy atom. The molecule has 2 heterocycles. The van der Waals surface area contributed by atoms with E-state index in [4.69, 9.17) is 10.5 Å². The van der Waals surface area contributed by atoms with Crippen molar-refractivity contribution in [1.82, 2.24) is 9.88 Å². The number of aromatic nitrogens is 1. The van der Waals surface area contributed by atoms with Gasteiger partial charge in [-0.25, -0.2) is 4.98 Å². The van der Waals surface area contributed by atoms with Crippen molar-refractivity contribution in [2.24, 2.45) is 0 Å². The van der Waals surface area contributed by atoms with Gasteiger partial charge in [0.15, 0.2) is 0 Å². The van der Waals surface area contributed by atoms with E-state index in [0.717, 1.165) is 0 Å². The molecule has 1 amide bonds. The first-order valence-electron chi connectivity index (χ1n) is 5.71. The molecule has 1 saturated heterocycles. The fraction of sp³-hybridized carbons (Fsp3) is 0.500. The van der Waals surface area contributed by atoms with Crippen LogP contribution in [0.2, 0.25) is 0 Å². The fourth-order valence-electron chi connectivity index (χ4n) is 2.09. The minimum atomic E-state index is -0.0131. The summed E-state index contributed by atoms with van der Waals surface area (Å²) in [7, 11) is 0. The van der Waals surface area contributed by atoms with E-state index in [2.05, 4.69) is 4.98 Å². The van der Waals surface area contributed by atoms with Crippen LogP contribution in [0.1, 0.15) is 24.2 Å². The lowest BCUT2D eigenvalue weighted by atomic mass is 10.1. The summed E-state index contributed by atoms with van der Waals surface area (Å²) in [5.41, 5.74) is 6.07. The van der Waals surface area contributed by atoms with E-state index in [0.29, 0.717) is 24.6 Å². The smallest absolute Gasteiger partial charge is 0.256 e. The summed E-state index contributed by atoms with van der Waals surface area (Å²) in [6.45, 7) is 5.13. The molecule has 2 N–H and O–H groups in total. The van der Waals surface area contributed by atoms with Gasteiger partial charge in [-0.2, -0.15) is 0 Å². The average Bonchev–Trinajstić information content (AvgIpc) is 2.29. The number of nitrogens with two attached hydrogens (primary N) is 1. The molecule has 2 atom stereocenters. The first-order chi connectivity index (χ1) is 8.09. The number of nitrogen functional groups attached to an aromatic ring is 1. The van der Waals surface area contributed by atoms with E-state index in [9.17, 15) is 4.79 Å². The largest absolute Gasteiger partial charge is 0.384 e. The van der Waals surface area contributed by atoms with E-state index in [1.165, 1.54) is 6.20 Å². The van der Waals surface area contributed by atoms with Gasteiger partial charge in [0, 0.05) is 6.20 Å². The number of rotatable bonds is 1. The van der Waals surface area contributed by atoms with Gasteiger partial charge in [-0.3, -0.25) is 4.79 Å². The first-order valence-corrected chi connectivity index (χ1v) is 5.71. The van der Waals surface area contributed by atoms with Crippen LogP contribution in [0.5, 0.6) is 0 Å². The molecule has 1 aromatic heterocycles. The van der Waals surface area contributed by atoms with Crippen molar-refractivity contribution in [3.8, 4) is 0 Å². The van der Waals surface area contributed by atoms with Gasteiger partial charge in [0.2, 0.25) is 0 Å². The second kappa shape index (κ2) is 4.71. The molecule has 2 rings (SSSR count). The van der Waals surface area contributed by atoms with Crippen LogP contribution in [0.4, 0.5) is 5.82 Å². The van der Waals surface area contributed by atoms with Gasteiger partial charge in [0.1, 0.15) is 5.82 Å². The summed E-state index contributed by atoms with van der Waals surface area (Å²) in [6, 6.07) is 3.52. The van der Waals surface area contributed by atoms with Gasteiger partial charge in [-0.1, -0.05) is 0 Å². The van der Waals surface area contributed by atoms with E-state index in [1.54, 1.807) is 12.1 Å². The molecule has 1 fully saturated rings. The third kappa shape index (κ3) is 2.39. The van der Waals surface area contributed by atoms with Crippen LogP contribution in [0.3, 0.4) is 0 Å².